The van der Waals surface area contributed by atoms with Crippen molar-refractivity contribution < 1.29 is 9.84 Å². The molecule has 0 atom stereocenters. The van der Waals surface area contributed by atoms with Gasteiger partial charge in [0.25, 0.3) is 5.56 Å². The Morgan fingerprint density at radius 1 is 1.22 bits per heavy atom. The van der Waals surface area contributed by atoms with Crippen LogP contribution in [0, 0.1) is 0 Å². The number of aliphatic hydroxyl groups is 1. The van der Waals surface area contributed by atoms with Crippen LogP contribution < -0.4 is 10.3 Å². The van der Waals surface area contributed by atoms with Crippen molar-refractivity contribution in [2.24, 2.45) is 0 Å². The topological polar surface area (TPSA) is 62.3 Å². The molecule has 0 saturated heterocycles. The van der Waals surface area contributed by atoms with Crippen LogP contribution in [0.5, 0.6) is 5.75 Å². The molecule has 4 heteroatoms. The summed E-state index contributed by atoms with van der Waals surface area (Å²) < 4.78 is 5.52. The van der Waals surface area contributed by atoms with E-state index in [2.05, 4.69) is 4.98 Å². The number of ether oxygens (including phenoxy) is 1. The number of rotatable bonds is 4. The first kappa shape index (κ1) is 12.4. The van der Waals surface area contributed by atoms with Gasteiger partial charge in [0.05, 0.1) is 18.9 Å². The monoisotopic (exact) mass is 245 g/mol. The summed E-state index contributed by atoms with van der Waals surface area (Å²) in [6, 6.07) is 10.9. The number of nitrogens with one attached hydrogen (secondary N) is 1. The Balaban J connectivity index is 2.48. The van der Waals surface area contributed by atoms with E-state index in [9.17, 15) is 4.79 Å². The first-order chi connectivity index (χ1) is 8.76. The van der Waals surface area contributed by atoms with Crippen LogP contribution in [0.2, 0.25) is 0 Å². The zero-order valence-electron chi connectivity index (χ0n) is 10.1. The van der Waals surface area contributed by atoms with Crippen molar-refractivity contribution in [3.63, 3.8) is 0 Å². The van der Waals surface area contributed by atoms with Crippen molar-refractivity contribution in [2.75, 3.05) is 6.61 Å². The molecule has 2 aromatic rings. The zero-order chi connectivity index (χ0) is 13.0. The fraction of sp³-hybridized carbons (Fsp3) is 0.214. The van der Waals surface area contributed by atoms with Gasteiger partial charge in [0, 0.05) is 11.1 Å². The molecule has 0 aliphatic rings. The predicted octanol–water partition coefficient (Wildman–Crippen LogP) is 1.93. The molecule has 0 saturated carbocycles. The van der Waals surface area contributed by atoms with Gasteiger partial charge in [-0.15, -0.1) is 0 Å². The highest BCUT2D eigenvalue weighted by atomic mass is 16.5. The first-order valence-corrected chi connectivity index (χ1v) is 5.81. The number of hydrogen-bond donors (Lipinski definition) is 2. The molecule has 2 N–H and O–H groups in total. The lowest BCUT2D eigenvalue weighted by molar-refractivity contribution is 0.280. The minimum Gasteiger partial charge on any atom is -0.493 e. The SMILES string of the molecule is CCOc1ccccc1-c1ccc(CO)c(=O)[nH]1. The number of H-pyrrole nitrogens is 1. The third-order valence-corrected chi connectivity index (χ3v) is 2.64. The van der Waals surface area contributed by atoms with Gasteiger partial charge in [-0.25, -0.2) is 0 Å². The van der Waals surface area contributed by atoms with E-state index in [0.717, 1.165) is 11.3 Å². The van der Waals surface area contributed by atoms with Crippen molar-refractivity contribution in [3.8, 4) is 17.0 Å². The molecule has 0 fully saturated rings. The fourth-order valence-electron chi connectivity index (χ4n) is 1.76. The summed E-state index contributed by atoms with van der Waals surface area (Å²) in [7, 11) is 0. The van der Waals surface area contributed by atoms with E-state index in [1.165, 1.54) is 0 Å². The summed E-state index contributed by atoms with van der Waals surface area (Å²) in [4.78, 5) is 14.4. The van der Waals surface area contributed by atoms with Gasteiger partial charge in [0.15, 0.2) is 0 Å². The van der Waals surface area contributed by atoms with Gasteiger partial charge >= 0.3 is 0 Å². The van der Waals surface area contributed by atoms with E-state index in [1.54, 1.807) is 12.1 Å². The smallest absolute Gasteiger partial charge is 0.253 e. The molecule has 0 spiro atoms. The van der Waals surface area contributed by atoms with Crippen LogP contribution in [0.1, 0.15) is 12.5 Å². The summed E-state index contributed by atoms with van der Waals surface area (Å²) in [6.07, 6.45) is 0. The number of aliphatic hydroxyl groups excluding tert-OH is 1. The number of pyridine rings is 1. The van der Waals surface area contributed by atoms with Gasteiger partial charge in [-0.2, -0.15) is 0 Å². The van der Waals surface area contributed by atoms with E-state index in [1.807, 2.05) is 31.2 Å². The highest BCUT2D eigenvalue weighted by Gasteiger charge is 2.07. The molecule has 4 nitrogen and oxygen atoms in total. The van der Waals surface area contributed by atoms with E-state index in [4.69, 9.17) is 9.84 Å². The number of aromatic amines is 1. The van der Waals surface area contributed by atoms with Crippen LogP contribution >= 0.6 is 0 Å². The highest BCUT2D eigenvalue weighted by molar-refractivity contribution is 5.66. The maximum atomic E-state index is 11.7. The molecule has 0 bridgehead atoms. The van der Waals surface area contributed by atoms with Gasteiger partial charge in [0.2, 0.25) is 0 Å². The summed E-state index contributed by atoms with van der Waals surface area (Å²) in [6.45, 7) is 2.22. The van der Waals surface area contributed by atoms with Gasteiger partial charge in [-0.3, -0.25) is 4.79 Å². The minimum absolute atomic E-state index is 0.261. The lowest BCUT2D eigenvalue weighted by Crippen LogP contribution is -2.12. The maximum absolute atomic E-state index is 11.7. The van der Waals surface area contributed by atoms with Crippen LogP contribution in [-0.2, 0) is 6.61 Å². The van der Waals surface area contributed by atoms with Crippen molar-refractivity contribution in [1.29, 1.82) is 0 Å². The van der Waals surface area contributed by atoms with E-state index >= 15 is 0 Å². The molecule has 0 radical (unpaired) electrons. The van der Waals surface area contributed by atoms with Crippen LogP contribution in [0.4, 0.5) is 0 Å². The summed E-state index contributed by atoms with van der Waals surface area (Å²) in [5.74, 6) is 0.729. The molecule has 0 unspecified atom stereocenters. The Bertz CT molecular complexity index is 590. The molecule has 0 aliphatic heterocycles. The van der Waals surface area contributed by atoms with Gasteiger partial charge < -0.3 is 14.8 Å². The molecular formula is C14H15NO3. The second kappa shape index (κ2) is 5.51. The van der Waals surface area contributed by atoms with E-state index in [-0.39, 0.29) is 12.2 Å². The summed E-state index contributed by atoms with van der Waals surface area (Å²) >= 11 is 0. The standard InChI is InChI=1S/C14H15NO3/c1-2-18-13-6-4-3-5-11(13)12-8-7-10(9-16)14(17)15-12/h3-8,16H,2,9H2,1H3,(H,15,17). The second-order valence-corrected chi connectivity index (χ2v) is 3.81. The minimum atomic E-state index is -0.277. The maximum Gasteiger partial charge on any atom is 0.253 e. The largest absolute Gasteiger partial charge is 0.493 e. The molecule has 1 aromatic heterocycles. The van der Waals surface area contributed by atoms with E-state index in [0.29, 0.717) is 17.9 Å². The van der Waals surface area contributed by atoms with Crippen LogP contribution in [0.3, 0.4) is 0 Å². The molecule has 0 aliphatic carbocycles. The van der Waals surface area contributed by atoms with Gasteiger partial charge in [-0.1, -0.05) is 12.1 Å². The third kappa shape index (κ3) is 2.43. The molecule has 0 amide bonds. The normalized spacial score (nSPS) is 10.3. The zero-order valence-corrected chi connectivity index (χ0v) is 10.1. The Morgan fingerprint density at radius 3 is 2.67 bits per heavy atom. The quantitative estimate of drug-likeness (QED) is 0.865. The van der Waals surface area contributed by atoms with Crippen molar-refractivity contribution in [3.05, 3.63) is 52.3 Å². The average molecular weight is 245 g/mol. The van der Waals surface area contributed by atoms with Crippen LogP contribution in [0.25, 0.3) is 11.3 Å². The average Bonchev–Trinajstić information content (AvgIpc) is 2.40. The number of benzene rings is 1. The molecule has 1 heterocycles. The summed E-state index contributed by atoms with van der Waals surface area (Å²) in [5, 5.41) is 8.97. The van der Waals surface area contributed by atoms with Crippen molar-refractivity contribution in [2.45, 2.75) is 13.5 Å². The van der Waals surface area contributed by atoms with Crippen molar-refractivity contribution >= 4 is 0 Å². The predicted molar refractivity (Wildman–Crippen MR) is 69.6 cm³/mol. The number of aromatic nitrogens is 1. The fourth-order valence-corrected chi connectivity index (χ4v) is 1.76. The van der Waals surface area contributed by atoms with Crippen LogP contribution in [-0.4, -0.2) is 16.7 Å². The molecule has 94 valence electrons. The van der Waals surface area contributed by atoms with E-state index < -0.39 is 0 Å². The Morgan fingerprint density at radius 2 is 2.00 bits per heavy atom. The molecular weight excluding hydrogens is 230 g/mol. The van der Waals surface area contributed by atoms with Crippen LogP contribution in [0.15, 0.2) is 41.2 Å². The van der Waals surface area contributed by atoms with Gasteiger partial charge in [-0.05, 0) is 31.2 Å². The highest BCUT2D eigenvalue weighted by Crippen LogP contribution is 2.27. The number of hydrogen-bond acceptors (Lipinski definition) is 3. The lowest BCUT2D eigenvalue weighted by atomic mass is 10.1. The first-order valence-electron chi connectivity index (χ1n) is 5.81. The lowest BCUT2D eigenvalue weighted by Gasteiger charge is -2.10. The number of para-hydroxylation sites is 1. The Hall–Kier alpha value is -2.07. The van der Waals surface area contributed by atoms with Crippen molar-refractivity contribution in [1.82, 2.24) is 4.98 Å². The Kier molecular flexibility index (Phi) is 3.79. The molecule has 2 rings (SSSR count). The third-order valence-electron chi connectivity index (χ3n) is 2.64. The summed E-state index contributed by atoms with van der Waals surface area (Å²) in [5.41, 5.74) is 1.59. The molecule has 18 heavy (non-hydrogen) atoms. The van der Waals surface area contributed by atoms with Gasteiger partial charge in [0.1, 0.15) is 5.75 Å². The Labute approximate surface area is 105 Å². The second-order valence-electron chi connectivity index (χ2n) is 3.81. The molecule has 1 aromatic carbocycles.